The van der Waals surface area contributed by atoms with Gasteiger partial charge in [0.15, 0.2) is 0 Å². The van der Waals surface area contributed by atoms with Gasteiger partial charge in [0.1, 0.15) is 6.33 Å². The first-order chi connectivity index (χ1) is 12.6. The smallest absolute Gasteiger partial charge is 0.269 e. The number of nitrogens with one attached hydrogen (secondary N) is 2. The van der Waals surface area contributed by atoms with Gasteiger partial charge in [0.2, 0.25) is 5.91 Å². The number of hydrogen-bond acceptors (Lipinski definition) is 5. The summed E-state index contributed by atoms with van der Waals surface area (Å²) in [5.74, 6) is -0.688. The molecule has 0 bridgehead atoms. The molecule has 2 N–H and O–H groups in total. The largest absolute Gasteiger partial charge is 0.273 e. The number of amides is 2. The van der Waals surface area contributed by atoms with Crippen LogP contribution in [-0.2, 0) is 11.2 Å². The molecule has 2 aromatic carbocycles. The average Bonchev–Trinajstić information content (AvgIpc) is 3.20. The summed E-state index contributed by atoms with van der Waals surface area (Å²) < 4.78 is 1.47. The van der Waals surface area contributed by atoms with Gasteiger partial charge in [-0.25, -0.2) is 4.68 Å². The second kappa shape index (κ2) is 8.21. The molecule has 0 atom stereocenters. The van der Waals surface area contributed by atoms with Crippen LogP contribution in [0.1, 0.15) is 22.3 Å². The number of carbonyl (C=O) groups excluding carboxylic acids is 2. The molecule has 0 fully saturated rings. The van der Waals surface area contributed by atoms with E-state index in [1.807, 2.05) is 12.1 Å². The minimum absolute atomic E-state index is 0.250. The van der Waals surface area contributed by atoms with Crippen LogP contribution in [0.3, 0.4) is 0 Å². The Hall–Kier alpha value is -3.26. The number of rotatable bonds is 5. The second-order valence-electron chi connectivity index (χ2n) is 5.43. The van der Waals surface area contributed by atoms with Gasteiger partial charge in [-0.15, -0.1) is 5.10 Å². The van der Waals surface area contributed by atoms with Crippen molar-refractivity contribution in [2.24, 2.45) is 0 Å². The number of halogens is 1. The summed E-state index contributed by atoms with van der Waals surface area (Å²) in [6.07, 6.45) is 2.26. The second-order valence-corrected chi connectivity index (χ2v) is 5.87. The lowest BCUT2D eigenvalue weighted by molar-refractivity contribution is -0.121. The maximum Gasteiger partial charge on any atom is 0.269 e. The highest BCUT2D eigenvalue weighted by Gasteiger charge is 2.08. The third kappa shape index (κ3) is 4.64. The van der Waals surface area contributed by atoms with Crippen LogP contribution in [0.15, 0.2) is 54.9 Å². The molecule has 0 spiro atoms. The van der Waals surface area contributed by atoms with E-state index in [-0.39, 0.29) is 12.3 Å². The molecule has 0 aliphatic rings. The summed E-state index contributed by atoms with van der Waals surface area (Å²) >= 11 is 5.82. The molecule has 8 nitrogen and oxygen atoms in total. The van der Waals surface area contributed by atoms with E-state index in [0.717, 1.165) is 11.3 Å². The highest BCUT2D eigenvalue weighted by molar-refractivity contribution is 6.30. The number of nitrogens with zero attached hydrogens (tertiary/aromatic N) is 4. The van der Waals surface area contributed by atoms with E-state index in [9.17, 15) is 9.59 Å². The number of aromatic nitrogens is 4. The first-order valence-corrected chi connectivity index (χ1v) is 8.17. The minimum Gasteiger partial charge on any atom is -0.273 e. The monoisotopic (exact) mass is 370 g/mol. The zero-order valence-corrected chi connectivity index (χ0v) is 14.3. The lowest BCUT2D eigenvalue weighted by atomic mass is 10.1. The third-order valence-electron chi connectivity index (χ3n) is 3.61. The average molecular weight is 371 g/mol. The fraction of sp³-hybridized carbons (Fsp3) is 0.118. The number of benzene rings is 2. The zero-order chi connectivity index (χ0) is 18.4. The Balaban J connectivity index is 1.47. The molecule has 9 heteroatoms. The van der Waals surface area contributed by atoms with Crippen LogP contribution < -0.4 is 10.9 Å². The van der Waals surface area contributed by atoms with Crippen molar-refractivity contribution in [1.29, 1.82) is 0 Å². The van der Waals surface area contributed by atoms with Gasteiger partial charge in [0.25, 0.3) is 5.91 Å². The van der Waals surface area contributed by atoms with E-state index < -0.39 is 5.91 Å². The molecular weight excluding hydrogens is 356 g/mol. The van der Waals surface area contributed by atoms with Crippen molar-refractivity contribution in [2.75, 3.05) is 0 Å². The highest BCUT2D eigenvalue weighted by atomic mass is 35.5. The molecule has 26 heavy (non-hydrogen) atoms. The first-order valence-electron chi connectivity index (χ1n) is 7.79. The molecular formula is C17H15ClN6O2. The van der Waals surface area contributed by atoms with E-state index in [2.05, 4.69) is 26.4 Å². The Kier molecular flexibility index (Phi) is 5.55. The zero-order valence-electron chi connectivity index (χ0n) is 13.6. The van der Waals surface area contributed by atoms with Gasteiger partial charge in [-0.05, 0) is 58.8 Å². The number of hydrogen-bond donors (Lipinski definition) is 2. The van der Waals surface area contributed by atoms with Crippen molar-refractivity contribution in [3.8, 4) is 5.69 Å². The molecule has 0 saturated heterocycles. The van der Waals surface area contributed by atoms with E-state index in [4.69, 9.17) is 11.6 Å². The molecule has 3 rings (SSSR count). The van der Waals surface area contributed by atoms with Crippen molar-refractivity contribution in [2.45, 2.75) is 12.8 Å². The Morgan fingerprint density at radius 3 is 2.38 bits per heavy atom. The quantitative estimate of drug-likeness (QED) is 0.666. The Bertz CT molecular complexity index is 879. The van der Waals surface area contributed by atoms with Gasteiger partial charge in [-0.3, -0.25) is 20.4 Å². The summed E-state index contributed by atoms with van der Waals surface area (Å²) in [7, 11) is 0. The molecule has 1 aromatic heterocycles. The molecule has 0 aliphatic carbocycles. The predicted molar refractivity (Wildman–Crippen MR) is 94.5 cm³/mol. The predicted octanol–water partition coefficient (Wildman–Crippen LogP) is 1.71. The molecule has 0 radical (unpaired) electrons. The molecule has 0 unspecified atom stereocenters. The number of carbonyl (C=O) groups is 2. The van der Waals surface area contributed by atoms with Crippen LogP contribution in [0.2, 0.25) is 5.02 Å². The number of hydrazine groups is 1. The van der Waals surface area contributed by atoms with Gasteiger partial charge < -0.3 is 0 Å². The summed E-state index contributed by atoms with van der Waals surface area (Å²) in [6.45, 7) is 0. The maximum atomic E-state index is 12.1. The van der Waals surface area contributed by atoms with Crippen LogP contribution in [0.25, 0.3) is 5.69 Å². The van der Waals surface area contributed by atoms with Crippen LogP contribution in [-0.4, -0.2) is 32.0 Å². The van der Waals surface area contributed by atoms with Crippen LogP contribution in [0.5, 0.6) is 0 Å². The van der Waals surface area contributed by atoms with Gasteiger partial charge in [0, 0.05) is 17.0 Å². The highest BCUT2D eigenvalue weighted by Crippen LogP contribution is 2.11. The van der Waals surface area contributed by atoms with E-state index in [1.165, 1.54) is 11.0 Å². The fourth-order valence-corrected chi connectivity index (χ4v) is 2.34. The van der Waals surface area contributed by atoms with Gasteiger partial charge in [-0.1, -0.05) is 23.7 Å². The summed E-state index contributed by atoms with van der Waals surface area (Å²) in [6, 6.07) is 13.9. The molecule has 132 valence electrons. The first kappa shape index (κ1) is 17.6. The van der Waals surface area contributed by atoms with E-state index >= 15 is 0 Å². The fourth-order valence-electron chi connectivity index (χ4n) is 2.22. The lowest BCUT2D eigenvalue weighted by Gasteiger charge is -2.08. The van der Waals surface area contributed by atoms with Crippen LogP contribution in [0.4, 0.5) is 0 Å². The summed E-state index contributed by atoms with van der Waals surface area (Å²) in [4.78, 5) is 23.9. The van der Waals surface area contributed by atoms with Gasteiger partial charge in [0.05, 0.1) is 5.69 Å². The molecule has 0 saturated carbocycles. The SMILES string of the molecule is O=C(CCc1ccc(Cl)cc1)NNC(=O)c1ccc(-n2cnnn2)cc1. The van der Waals surface area contributed by atoms with Crippen molar-refractivity contribution >= 4 is 23.4 Å². The van der Waals surface area contributed by atoms with Gasteiger partial charge >= 0.3 is 0 Å². The van der Waals surface area contributed by atoms with Gasteiger partial charge in [-0.2, -0.15) is 0 Å². The normalized spacial score (nSPS) is 10.3. The lowest BCUT2D eigenvalue weighted by Crippen LogP contribution is -2.41. The molecule has 3 aromatic rings. The third-order valence-corrected chi connectivity index (χ3v) is 3.86. The molecule has 2 amide bonds. The number of aryl methyl sites for hydroxylation is 1. The van der Waals surface area contributed by atoms with Crippen molar-refractivity contribution in [3.63, 3.8) is 0 Å². The summed E-state index contributed by atoms with van der Waals surface area (Å²) in [5, 5.41) is 11.5. The van der Waals surface area contributed by atoms with Crippen molar-refractivity contribution < 1.29 is 9.59 Å². The van der Waals surface area contributed by atoms with Crippen molar-refractivity contribution in [1.82, 2.24) is 31.1 Å². The molecule has 0 aliphatic heterocycles. The van der Waals surface area contributed by atoms with Crippen LogP contribution in [0, 0.1) is 0 Å². The number of tetrazole rings is 1. The summed E-state index contributed by atoms with van der Waals surface area (Å²) in [5.41, 5.74) is 6.91. The van der Waals surface area contributed by atoms with E-state index in [0.29, 0.717) is 17.0 Å². The Morgan fingerprint density at radius 2 is 1.73 bits per heavy atom. The molecule has 1 heterocycles. The van der Waals surface area contributed by atoms with Crippen molar-refractivity contribution in [3.05, 3.63) is 71.0 Å². The maximum absolute atomic E-state index is 12.1. The van der Waals surface area contributed by atoms with Crippen LogP contribution >= 0.6 is 11.6 Å². The Morgan fingerprint density at radius 1 is 1.00 bits per heavy atom. The topological polar surface area (TPSA) is 102 Å². The standard InChI is InChI=1S/C17H15ClN6O2/c18-14-6-1-12(2-7-14)3-10-16(25)20-21-17(26)13-4-8-15(9-5-13)24-11-19-22-23-24/h1-2,4-9,11H,3,10H2,(H,20,25)(H,21,26). The minimum atomic E-state index is -0.409. The Labute approximate surface area is 154 Å². The van der Waals surface area contributed by atoms with E-state index in [1.54, 1.807) is 36.4 Å².